The van der Waals surface area contributed by atoms with Crippen LogP contribution in [-0.2, 0) is 19.2 Å². The van der Waals surface area contributed by atoms with Crippen molar-refractivity contribution in [3.8, 4) is 0 Å². The number of ether oxygens (including phenoxy) is 1. The van der Waals surface area contributed by atoms with Gasteiger partial charge >= 0.3 is 5.97 Å². The minimum Gasteiger partial charge on any atom is -0.451 e. The third kappa shape index (κ3) is 2.90. The molecule has 4 aliphatic rings. The van der Waals surface area contributed by atoms with Crippen molar-refractivity contribution in [2.24, 2.45) is 45.6 Å². The smallest absolute Gasteiger partial charge is 0.303 e. The van der Waals surface area contributed by atoms with Crippen molar-refractivity contribution in [1.82, 2.24) is 0 Å². The predicted octanol–water partition coefficient (Wildman–Crippen LogP) is 5.17. The Kier molecular flexibility index (Phi) is 5.34. The number of carbonyl (C=O) groups is 2. The van der Waals surface area contributed by atoms with Gasteiger partial charge in [0.15, 0.2) is 11.4 Å². The summed E-state index contributed by atoms with van der Waals surface area (Å²) in [6.07, 6.45) is 8.26. The van der Waals surface area contributed by atoms with Gasteiger partial charge in [0.2, 0.25) is 0 Å². The Morgan fingerprint density at radius 1 is 1.03 bits per heavy atom. The second-order valence-electron chi connectivity index (χ2n) is 11.2. The van der Waals surface area contributed by atoms with Crippen molar-refractivity contribution < 1.29 is 19.2 Å². The number of Topliss-reactive ketones (excluding diaryl/α,β-unsaturated/α-hetero) is 1. The average molecular weight is 418 g/mol. The van der Waals surface area contributed by atoms with Gasteiger partial charge in [0.05, 0.1) is 5.71 Å². The van der Waals surface area contributed by atoms with Crippen LogP contribution < -0.4 is 0 Å². The van der Waals surface area contributed by atoms with Gasteiger partial charge in [0.1, 0.15) is 7.11 Å². The van der Waals surface area contributed by atoms with Gasteiger partial charge in [-0.1, -0.05) is 25.9 Å². The molecular formula is C25H39NO4. The van der Waals surface area contributed by atoms with Crippen LogP contribution in [0.15, 0.2) is 5.16 Å². The fourth-order valence-corrected chi connectivity index (χ4v) is 8.80. The summed E-state index contributed by atoms with van der Waals surface area (Å²) in [7, 11) is 1.65. The molecule has 4 saturated carbocycles. The number of nitrogens with zero attached hydrogens (tertiary/aromatic N) is 1. The summed E-state index contributed by atoms with van der Waals surface area (Å²) in [6, 6.07) is 0. The lowest BCUT2D eigenvalue weighted by Gasteiger charge is -2.62. The predicted molar refractivity (Wildman–Crippen MR) is 116 cm³/mol. The third-order valence-corrected chi connectivity index (χ3v) is 10.1. The molecule has 0 aromatic heterocycles. The van der Waals surface area contributed by atoms with Crippen LogP contribution in [-0.4, -0.2) is 30.2 Å². The molecule has 4 rings (SSSR count). The summed E-state index contributed by atoms with van der Waals surface area (Å²) in [5, 5.41) is 4.31. The van der Waals surface area contributed by atoms with Crippen molar-refractivity contribution in [1.29, 1.82) is 0 Å². The lowest BCUT2D eigenvalue weighted by molar-refractivity contribution is -0.192. The quantitative estimate of drug-likeness (QED) is 0.469. The summed E-state index contributed by atoms with van der Waals surface area (Å²) in [5.41, 5.74) is 0.364. The molecule has 0 N–H and O–H groups in total. The SMILES string of the molecule is CO/N=C1/CC[C@@]2(C)C(C1)C(C)C[C@@H]1[C@@H]2CC[C@@]2(C)[C@H]1CC[C@]2(OC(C)=O)C(C)=O. The van der Waals surface area contributed by atoms with E-state index in [1.807, 2.05) is 0 Å². The normalized spacial score (nSPS) is 49.0. The Balaban J connectivity index is 1.66. The number of hydrogen-bond donors (Lipinski definition) is 0. The summed E-state index contributed by atoms with van der Waals surface area (Å²) in [4.78, 5) is 30.0. The molecule has 0 aliphatic heterocycles. The molecule has 5 nitrogen and oxygen atoms in total. The van der Waals surface area contributed by atoms with E-state index in [1.54, 1.807) is 14.0 Å². The molecule has 0 heterocycles. The highest BCUT2D eigenvalue weighted by Gasteiger charge is 2.68. The topological polar surface area (TPSA) is 65.0 Å². The highest BCUT2D eigenvalue weighted by Crippen LogP contribution is 2.69. The molecule has 0 aromatic carbocycles. The third-order valence-electron chi connectivity index (χ3n) is 10.1. The van der Waals surface area contributed by atoms with Crippen molar-refractivity contribution in [3.63, 3.8) is 0 Å². The van der Waals surface area contributed by atoms with Crippen molar-refractivity contribution in [3.05, 3.63) is 0 Å². The zero-order chi connectivity index (χ0) is 21.9. The fourth-order valence-electron chi connectivity index (χ4n) is 8.80. The highest BCUT2D eigenvalue weighted by molar-refractivity contribution is 5.89. The van der Waals surface area contributed by atoms with Crippen LogP contribution in [0.4, 0.5) is 0 Å². The van der Waals surface area contributed by atoms with Crippen LogP contribution in [0, 0.1) is 40.4 Å². The molecule has 0 saturated heterocycles. The van der Waals surface area contributed by atoms with Crippen molar-refractivity contribution in [2.45, 2.75) is 91.6 Å². The molecule has 4 aliphatic carbocycles. The van der Waals surface area contributed by atoms with Gasteiger partial charge in [-0.05, 0) is 93.3 Å². The Labute approximate surface area is 181 Å². The highest BCUT2D eigenvalue weighted by atomic mass is 16.6. The van der Waals surface area contributed by atoms with Crippen LogP contribution in [0.5, 0.6) is 0 Å². The van der Waals surface area contributed by atoms with Crippen LogP contribution in [0.1, 0.15) is 86.0 Å². The van der Waals surface area contributed by atoms with E-state index in [1.165, 1.54) is 25.5 Å². The fraction of sp³-hybridized carbons (Fsp3) is 0.880. The first-order valence-corrected chi connectivity index (χ1v) is 11.9. The number of hydrogen-bond acceptors (Lipinski definition) is 5. The Bertz CT molecular complexity index is 762. The Morgan fingerprint density at radius 2 is 1.73 bits per heavy atom. The van der Waals surface area contributed by atoms with Crippen molar-refractivity contribution >= 4 is 17.5 Å². The molecule has 0 amide bonds. The summed E-state index contributed by atoms with van der Waals surface area (Å²) >= 11 is 0. The second kappa shape index (κ2) is 7.34. The minimum absolute atomic E-state index is 0.0344. The van der Waals surface area contributed by atoms with Crippen LogP contribution >= 0.6 is 0 Å². The maximum atomic E-state index is 12.9. The summed E-state index contributed by atoms with van der Waals surface area (Å²) in [5.74, 6) is 2.73. The molecule has 168 valence electrons. The molecule has 4 fully saturated rings. The maximum absolute atomic E-state index is 12.9. The van der Waals surface area contributed by atoms with E-state index in [-0.39, 0.29) is 17.2 Å². The van der Waals surface area contributed by atoms with E-state index in [4.69, 9.17) is 9.57 Å². The van der Waals surface area contributed by atoms with Crippen LogP contribution in [0.2, 0.25) is 0 Å². The van der Waals surface area contributed by atoms with Gasteiger partial charge in [-0.15, -0.1) is 0 Å². The van der Waals surface area contributed by atoms with Gasteiger partial charge in [-0.3, -0.25) is 9.59 Å². The molecular weight excluding hydrogens is 378 g/mol. The largest absolute Gasteiger partial charge is 0.451 e. The first-order valence-electron chi connectivity index (χ1n) is 11.9. The van der Waals surface area contributed by atoms with Gasteiger partial charge in [0, 0.05) is 12.3 Å². The van der Waals surface area contributed by atoms with E-state index in [0.717, 1.165) is 32.1 Å². The van der Waals surface area contributed by atoms with Gasteiger partial charge in [-0.25, -0.2) is 0 Å². The van der Waals surface area contributed by atoms with E-state index in [0.29, 0.717) is 41.4 Å². The van der Waals surface area contributed by atoms with Crippen molar-refractivity contribution in [2.75, 3.05) is 7.11 Å². The Morgan fingerprint density at radius 3 is 2.37 bits per heavy atom. The molecule has 0 spiro atoms. The van der Waals surface area contributed by atoms with E-state index < -0.39 is 5.60 Å². The number of carbonyl (C=O) groups excluding carboxylic acids is 2. The van der Waals surface area contributed by atoms with Gasteiger partial charge < -0.3 is 9.57 Å². The number of rotatable bonds is 3. The first kappa shape index (κ1) is 21.8. The zero-order valence-corrected chi connectivity index (χ0v) is 19.6. The number of oxime groups is 1. The zero-order valence-electron chi connectivity index (χ0n) is 19.6. The van der Waals surface area contributed by atoms with E-state index in [2.05, 4.69) is 25.9 Å². The number of ketones is 1. The van der Waals surface area contributed by atoms with Crippen LogP contribution in [0.3, 0.4) is 0 Å². The Hall–Kier alpha value is -1.39. The van der Waals surface area contributed by atoms with E-state index in [9.17, 15) is 9.59 Å². The summed E-state index contributed by atoms with van der Waals surface area (Å²) < 4.78 is 5.89. The van der Waals surface area contributed by atoms with Gasteiger partial charge in [-0.2, -0.15) is 0 Å². The average Bonchev–Trinajstić information content (AvgIpc) is 2.96. The number of fused-ring (bicyclic) bond motifs is 5. The molecule has 8 atom stereocenters. The lowest BCUT2D eigenvalue weighted by atomic mass is 9.42. The van der Waals surface area contributed by atoms with Gasteiger partial charge in [0.25, 0.3) is 0 Å². The number of esters is 1. The molecule has 0 radical (unpaired) electrons. The molecule has 0 bridgehead atoms. The first-order chi connectivity index (χ1) is 14.1. The molecule has 30 heavy (non-hydrogen) atoms. The van der Waals surface area contributed by atoms with E-state index >= 15 is 0 Å². The van der Waals surface area contributed by atoms with Crippen LogP contribution in [0.25, 0.3) is 0 Å². The molecule has 0 aromatic rings. The lowest BCUT2D eigenvalue weighted by Crippen LogP contribution is -2.60. The second-order valence-corrected chi connectivity index (χ2v) is 11.2. The summed E-state index contributed by atoms with van der Waals surface area (Å²) in [6.45, 7) is 10.3. The monoisotopic (exact) mass is 417 g/mol. The molecule has 5 heteroatoms. The maximum Gasteiger partial charge on any atom is 0.303 e. The molecule has 2 unspecified atom stereocenters. The minimum atomic E-state index is -0.930. The standard InChI is InChI=1S/C25H39NO4/c1-15-13-19-20(23(4)10-7-18(26-29-6)14-22(15)23)8-11-24(5)21(19)9-12-25(24,16(2)27)30-17(3)28/h15,19-22H,7-14H2,1-6H3/b26-18-/t15?,19-,20+,21+,22?,23-,24+,25+/m1/s1.